The van der Waals surface area contributed by atoms with E-state index in [0.717, 1.165) is 13.0 Å². The van der Waals surface area contributed by atoms with Crippen LogP contribution in [0.1, 0.15) is 5.56 Å². The Hall–Kier alpha value is -2.24. The van der Waals surface area contributed by atoms with Crippen molar-refractivity contribution >= 4 is 45.5 Å². The molecule has 0 aliphatic heterocycles. The van der Waals surface area contributed by atoms with Gasteiger partial charge in [-0.15, -0.1) is 5.10 Å². The van der Waals surface area contributed by atoms with Crippen LogP contribution in [0.2, 0.25) is 5.02 Å². The van der Waals surface area contributed by atoms with Crippen LogP contribution in [-0.4, -0.2) is 21.9 Å². The van der Waals surface area contributed by atoms with Gasteiger partial charge in [0.2, 0.25) is 0 Å². The third-order valence-electron chi connectivity index (χ3n) is 3.42. The number of fused-ring (bicyclic) bond motifs is 1. The molecule has 3 rings (SSSR count). The molecule has 6 heteroatoms. The predicted molar refractivity (Wildman–Crippen MR) is 98.9 cm³/mol. The molecule has 0 fully saturated rings. The minimum absolute atomic E-state index is 0.456. The molecule has 1 aromatic heterocycles. The van der Waals surface area contributed by atoms with Crippen molar-refractivity contribution in [3.05, 3.63) is 65.3 Å². The van der Waals surface area contributed by atoms with E-state index in [2.05, 4.69) is 51.2 Å². The van der Waals surface area contributed by atoms with Crippen molar-refractivity contribution in [2.75, 3.05) is 11.9 Å². The molecular weight excluding hydrogens is 328 g/mol. The summed E-state index contributed by atoms with van der Waals surface area (Å²) in [6.45, 7) is 0.724. The Bertz CT molecular complexity index is 837. The largest absolute Gasteiger partial charge is 0.362 e. The average molecular weight is 343 g/mol. The normalized spacial score (nSPS) is 10.5. The van der Waals surface area contributed by atoms with Gasteiger partial charge >= 0.3 is 0 Å². The van der Waals surface area contributed by atoms with E-state index >= 15 is 0 Å². The van der Waals surface area contributed by atoms with Gasteiger partial charge in [0, 0.05) is 6.54 Å². The zero-order valence-electron chi connectivity index (χ0n) is 12.3. The minimum atomic E-state index is 0.456. The minimum Gasteiger partial charge on any atom is -0.362 e. The van der Waals surface area contributed by atoms with Gasteiger partial charge in [0.15, 0.2) is 10.9 Å². The van der Waals surface area contributed by atoms with Crippen LogP contribution in [-0.2, 0) is 6.42 Å². The first kappa shape index (κ1) is 15.6. The van der Waals surface area contributed by atoms with Gasteiger partial charge in [0.05, 0.1) is 11.2 Å². The molecule has 4 nitrogen and oxygen atoms in total. The second kappa shape index (κ2) is 7.35. The van der Waals surface area contributed by atoms with Crippen molar-refractivity contribution in [1.82, 2.24) is 15.5 Å². The van der Waals surface area contributed by atoms with Gasteiger partial charge in [-0.25, -0.2) is 0 Å². The molecule has 23 heavy (non-hydrogen) atoms. The Labute approximate surface area is 144 Å². The van der Waals surface area contributed by atoms with Gasteiger partial charge in [-0.1, -0.05) is 54.1 Å². The van der Waals surface area contributed by atoms with Gasteiger partial charge in [0.1, 0.15) is 0 Å². The fourth-order valence-electron chi connectivity index (χ4n) is 2.27. The van der Waals surface area contributed by atoms with E-state index in [9.17, 15) is 0 Å². The molecule has 1 heterocycles. The number of anilines is 1. The molecule has 0 bridgehead atoms. The second-order valence-corrected chi connectivity index (χ2v) is 5.86. The van der Waals surface area contributed by atoms with Gasteiger partial charge in [-0.2, -0.15) is 5.10 Å². The molecule has 3 aromatic rings. The maximum atomic E-state index is 6.00. The summed E-state index contributed by atoms with van der Waals surface area (Å²) in [4.78, 5) is 0. The summed E-state index contributed by atoms with van der Waals surface area (Å²) in [6, 6.07) is 16.5. The fourth-order valence-corrected chi connectivity index (χ4v) is 2.61. The molecule has 2 aromatic carbocycles. The van der Waals surface area contributed by atoms with Crippen LogP contribution < -0.4 is 10.6 Å². The van der Waals surface area contributed by atoms with E-state index in [4.69, 9.17) is 23.8 Å². The molecule has 0 amide bonds. The smallest absolute Gasteiger partial charge is 0.173 e. The lowest BCUT2D eigenvalue weighted by Gasteiger charge is -2.10. The van der Waals surface area contributed by atoms with Gasteiger partial charge < -0.3 is 10.6 Å². The maximum Gasteiger partial charge on any atom is 0.173 e. The first-order chi connectivity index (χ1) is 11.2. The highest BCUT2D eigenvalue weighted by molar-refractivity contribution is 7.80. The highest BCUT2D eigenvalue weighted by atomic mass is 35.5. The van der Waals surface area contributed by atoms with Crippen LogP contribution in [0.15, 0.2) is 54.7 Å². The number of rotatable bonds is 4. The molecule has 0 aliphatic rings. The van der Waals surface area contributed by atoms with E-state index in [1.165, 1.54) is 22.5 Å². The molecule has 0 unspecified atom stereocenters. The van der Waals surface area contributed by atoms with E-state index in [1.54, 1.807) is 6.07 Å². The fraction of sp³-hybridized carbons (Fsp3) is 0.118. The maximum absolute atomic E-state index is 6.00. The zero-order valence-corrected chi connectivity index (χ0v) is 13.9. The number of thiocarbonyl (C=S) groups is 1. The lowest BCUT2D eigenvalue weighted by molar-refractivity contribution is 0.873. The Morgan fingerprint density at radius 2 is 1.91 bits per heavy atom. The highest BCUT2D eigenvalue weighted by Gasteiger charge is 2.04. The second-order valence-electron chi connectivity index (χ2n) is 5.04. The lowest BCUT2D eigenvalue weighted by Crippen LogP contribution is -2.30. The number of benzene rings is 2. The highest BCUT2D eigenvalue weighted by Crippen LogP contribution is 2.17. The number of aromatic nitrogens is 2. The molecular formula is C17H15ClN4S. The summed E-state index contributed by atoms with van der Waals surface area (Å²) < 4.78 is 0. The monoisotopic (exact) mass is 342 g/mol. The Morgan fingerprint density at radius 1 is 1.09 bits per heavy atom. The predicted octanol–water partition coefficient (Wildman–Crippen LogP) is 3.81. The topological polar surface area (TPSA) is 49.8 Å². The standard InChI is InChI=1S/C17H15ClN4S/c18-15-8-10-20-22-16(15)21-17(23)19-9-7-12-5-6-13-3-1-2-4-14(13)11-12/h1-6,8,10-11H,7,9H2,(H2,19,21,22,23). The van der Waals surface area contributed by atoms with Crippen molar-refractivity contribution in [2.45, 2.75) is 6.42 Å². The molecule has 0 saturated heterocycles. The summed E-state index contributed by atoms with van der Waals surface area (Å²) in [5.41, 5.74) is 1.26. The summed E-state index contributed by atoms with van der Waals surface area (Å²) in [7, 11) is 0. The Morgan fingerprint density at radius 3 is 2.74 bits per heavy atom. The van der Waals surface area contributed by atoms with E-state index < -0.39 is 0 Å². The van der Waals surface area contributed by atoms with Gasteiger partial charge in [-0.05, 0) is 41.0 Å². The van der Waals surface area contributed by atoms with Crippen molar-refractivity contribution in [3.63, 3.8) is 0 Å². The zero-order chi connectivity index (χ0) is 16.1. The van der Waals surface area contributed by atoms with Crippen molar-refractivity contribution < 1.29 is 0 Å². The quantitative estimate of drug-likeness (QED) is 0.706. The van der Waals surface area contributed by atoms with Crippen LogP contribution in [0.5, 0.6) is 0 Å². The van der Waals surface area contributed by atoms with E-state index in [0.29, 0.717) is 16.0 Å². The molecule has 0 aliphatic carbocycles. The molecule has 0 atom stereocenters. The van der Waals surface area contributed by atoms with Gasteiger partial charge in [-0.3, -0.25) is 0 Å². The molecule has 116 valence electrons. The van der Waals surface area contributed by atoms with Crippen molar-refractivity contribution in [1.29, 1.82) is 0 Å². The summed E-state index contributed by atoms with van der Waals surface area (Å²) in [5, 5.41) is 17.2. The lowest BCUT2D eigenvalue weighted by atomic mass is 10.1. The van der Waals surface area contributed by atoms with Crippen LogP contribution in [0, 0.1) is 0 Å². The van der Waals surface area contributed by atoms with Crippen LogP contribution in [0.3, 0.4) is 0 Å². The van der Waals surface area contributed by atoms with Crippen LogP contribution in [0.4, 0.5) is 5.82 Å². The Balaban J connectivity index is 1.54. The molecule has 0 saturated carbocycles. The summed E-state index contributed by atoms with van der Waals surface area (Å²) in [6.07, 6.45) is 2.41. The Kier molecular flexibility index (Phi) is 5.00. The SMILES string of the molecule is S=C(NCCc1ccc2ccccc2c1)Nc1nnccc1Cl. The third kappa shape index (κ3) is 4.15. The first-order valence-corrected chi connectivity index (χ1v) is 8.01. The summed E-state index contributed by atoms with van der Waals surface area (Å²) >= 11 is 11.2. The van der Waals surface area contributed by atoms with Crippen LogP contribution in [0.25, 0.3) is 10.8 Å². The van der Waals surface area contributed by atoms with Crippen LogP contribution >= 0.6 is 23.8 Å². The first-order valence-electron chi connectivity index (χ1n) is 7.22. The third-order valence-corrected chi connectivity index (χ3v) is 3.97. The average Bonchev–Trinajstić information content (AvgIpc) is 2.57. The van der Waals surface area contributed by atoms with Gasteiger partial charge in [0.25, 0.3) is 0 Å². The molecule has 0 spiro atoms. The molecule has 2 N–H and O–H groups in total. The number of hydrogen-bond donors (Lipinski definition) is 2. The number of hydrogen-bond acceptors (Lipinski definition) is 3. The van der Waals surface area contributed by atoms with E-state index in [1.807, 2.05) is 12.1 Å². The number of nitrogens with one attached hydrogen (secondary N) is 2. The molecule has 0 radical (unpaired) electrons. The van der Waals surface area contributed by atoms with Crippen molar-refractivity contribution in [2.24, 2.45) is 0 Å². The number of nitrogens with zero attached hydrogens (tertiary/aromatic N) is 2. The van der Waals surface area contributed by atoms with E-state index in [-0.39, 0.29) is 0 Å². The van der Waals surface area contributed by atoms with Crippen molar-refractivity contribution in [3.8, 4) is 0 Å². The number of halogens is 1. The summed E-state index contributed by atoms with van der Waals surface area (Å²) in [5.74, 6) is 0.456.